The van der Waals surface area contributed by atoms with Crippen LogP contribution in [0.1, 0.15) is 66.2 Å². The van der Waals surface area contributed by atoms with Gasteiger partial charge in [-0.25, -0.2) is 14.0 Å². The second-order valence-corrected chi connectivity index (χ2v) is 11.3. The second kappa shape index (κ2) is 8.49. The highest BCUT2D eigenvalue weighted by molar-refractivity contribution is 7.91. The van der Waals surface area contributed by atoms with Crippen molar-refractivity contribution in [2.24, 2.45) is 5.41 Å². The van der Waals surface area contributed by atoms with Gasteiger partial charge in [0.25, 0.3) is 5.91 Å². The first-order chi connectivity index (χ1) is 16.1. The molecule has 2 aliphatic rings. The van der Waals surface area contributed by atoms with Crippen LogP contribution in [0.15, 0.2) is 23.4 Å². The minimum atomic E-state index is -5.02. The fraction of sp³-hybridized carbons (Fsp3) is 0.571. The van der Waals surface area contributed by atoms with Crippen LogP contribution in [-0.4, -0.2) is 37.3 Å². The molecule has 0 saturated heterocycles. The first kappa shape index (κ1) is 25.5. The summed E-state index contributed by atoms with van der Waals surface area (Å²) in [4.78, 5) is 16.9. The topological polar surface area (TPSA) is 101 Å². The summed E-state index contributed by atoms with van der Waals surface area (Å²) in [6, 6.07) is 2.30. The van der Waals surface area contributed by atoms with Crippen LogP contribution in [0.2, 0.25) is 0 Å². The summed E-state index contributed by atoms with van der Waals surface area (Å²) in [5.41, 5.74) is -5.11. The number of carbonyl (C=O) groups is 1. The van der Waals surface area contributed by atoms with E-state index in [2.05, 4.69) is 15.4 Å². The molecule has 7 nitrogen and oxygen atoms in total. The Balaban J connectivity index is 1.81. The third kappa shape index (κ3) is 5.02. The number of hydrogen-bond acceptors (Lipinski definition) is 5. The van der Waals surface area contributed by atoms with Gasteiger partial charge in [-0.05, 0) is 37.8 Å². The average Bonchev–Trinajstić information content (AvgIpc) is 3.32. The Morgan fingerprint density at radius 3 is 2.37 bits per heavy atom. The van der Waals surface area contributed by atoms with Gasteiger partial charge in [0.2, 0.25) is 0 Å². The zero-order chi connectivity index (χ0) is 25.8. The highest BCUT2D eigenvalue weighted by Gasteiger charge is 2.57. The van der Waals surface area contributed by atoms with Gasteiger partial charge in [0, 0.05) is 24.1 Å². The van der Waals surface area contributed by atoms with Crippen molar-refractivity contribution >= 4 is 21.3 Å². The van der Waals surface area contributed by atoms with Crippen molar-refractivity contribution < 1.29 is 35.3 Å². The summed E-state index contributed by atoms with van der Waals surface area (Å²) in [6.45, 7) is -0.897. The van der Waals surface area contributed by atoms with E-state index in [4.69, 9.17) is 4.78 Å². The van der Waals surface area contributed by atoms with E-state index in [0.717, 1.165) is 18.5 Å². The van der Waals surface area contributed by atoms with Crippen molar-refractivity contribution in [3.8, 4) is 0 Å². The van der Waals surface area contributed by atoms with E-state index in [1.54, 1.807) is 0 Å². The van der Waals surface area contributed by atoms with Crippen LogP contribution in [0.25, 0.3) is 0 Å². The van der Waals surface area contributed by atoms with Gasteiger partial charge < -0.3 is 5.32 Å². The number of rotatable bonds is 6. The van der Waals surface area contributed by atoms with Crippen LogP contribution >= 0.6 is 0 Å². The lowest BCUT2D eigenvalue weighted by Gasteiger charge is -2.32. The maximum absolute atomic E-state index is 14.1. The Kier molecular flexibility index (Phi) is 6.17. The number of aromatic nitrogens is 3. The summed E-state index contributed by atoms with van der Waals surface area (Å²) in [5, 5.41) is 5.96. The van der Waals surface area contributed by atoms with Crippen molar-refractivity contribution in [3.05, 3.63) is 35.3 Å². The van der Waals surface area contributed by atoms with Gasteiger partial charge >= 0.3 is 12.4 Å². The molecule has 2 heterocycles. The number of alkyl halides is 6. The Morgan fingerprint density at radius 1 is 1.23 bits per heavy atom. The van der Waals surface area contributed by atoms with Gasteiger partial charge in [0.15, 0.2) is 0 Å². The van der Waals surface area contributed by atoms with Crippen LogP contribution in [0.5, 0.6) is 0 Å². The fourth-order valence-corrected chi connectivity index (χ4v) is 5.12. The Morgan fingerprint density at radius 2 is 1.86 bits per heavy atom. The molecule has 0 aliphatic heterocycles. The molecule has 1 amide bonds. The zero-order valence-electron chi connectivity index (χ0n) is 18.6. The van der Waals surface area contributed by atoms with Crippen LogP contribution in [0, 0.1) is 10.2 Å². The van der Waals surface area contributed by atoms with Crippen molar-refractivity contribution in [2.75, 3.05) is 11.6 Å². The zero-order valence-corrected chi connectivity index (χ0v) is 19.4. The third-order valence-electron chi connectivity index (χ3n) is 6.45. The van der Waals surface area contributed by atoms with Gasteiger partial charge in [-0.1, -0.05) is 12.8 Å². The summed E-state index contributed by atoms with van der Waals surface area (Å²) < 4.78 is 105. The predicted molar refractivity (Wildman–Crippen MR) is 113 cm³/mol. The van der Waals surface area contributed by atoms with Gasteiger partial charge in [0.1, 0.15) is 16.3 Å². The number of amides is 1. The molecule has 2 saturated carbocycles. The summed E-state index contributed by atoms with van der Waals surface area (Å²) in [5.74, 6) is -1.87. The van der Waals surface area contributed by atoms with E-state index in [0.29, 0.717) is 17.5 Å². The quantitative estimate of drug-likeness (QED) is 0.483. The van der Waals surface area contributed by atoms with Crippen molar-refractivity contribution in [2.45, 2.75) is 68.4 Å². The fourth-order valence-electron chi connectivity index (χ4n) is 4.51. The molecule has 192 valence electrons. The average molecular weight is 524 g/mol. The highest BCUT2D eigenvalue weighted by atomic mass is 32.2. The van der Waals surface area contributed by atoms with Gasteiger partial charge in [-0.2, -0.15) is 31.4 Å². The Labute approximate surface area is 197 Å². The minimum Gasteiger partial charge on any atom is -0.320 e. The molecule has 0 aromatic carbocycles. The van der Waals surface area contributed by atoms with Crippen LogP contribution < -0.4 is 5.32 Å². The number of pyridine rings is 1. The molecule has 4 rings (SSSR count). The number of nitrogens with one attached hydrogen (secondary N) is 2. The van der Waals surface area contributed by atoms with Crippen LogP contribution in [-0.2, 0) is 22.5 Å². The highest BCUT2D eigenvalue weighted by Crippen LogP contribution is 2.53. The molecule has 14 heteroatoms. The molecule has 0 radical (unpaired) electrons. The van der Waals surface area contributed by atoms with E-state index in [1.165, 1.54) is 6.07 Å². The van der Waals surface area contributed by atoms with E-state index < -0.39 is 62.8 Å². The Hall–Kier alpha value is -2.64. The molecule has 1 atom stereocenters. The maximum atomic E-state index is 14.1. The standard InChI is InChI=1S/C21H23F6N5O2S/c1-35(28,34)14-10-13(6-9-29-14)30-18(33)17-15(20(22,23)24)16(12-4-5-12)31-32(17)11-19(21(25,26)27)7-2-3-8-19/h6,9-10,12,28H,2-5,7-8,11H2,1H3,(H,29,30,33)/t35-/m0/s1. The second-order valence-electron chi connectivity index (χ2n) is 9.20. The molecule has 2 fully saturated rings. The van der Waals surface area contributed by atoms with E-state index in [-0.39, 0.29) is 36.4 Å². The lowest BCUT2D eigenvalue weighted by molar-refractivity contribution is -0.228. The van der Waals surface area contributed by atoms with Crippen LogP contribution in [0.4, 0.5) is 32.0 Å². The molecule has 35 heavy (non-hydrogen) atoms. The van der Waals surface area contributed by atoms with Gasteiger partial charge in [-0.3, -0.25) is 9.48 Å². The van der Waals surface area contributed by atoms with Crippen LogP contribution in [0.3, 0.4) is 0 Å². The van der Waals surface area contributed by atoms with Crippen molar-refractivity contribution in [1.82, 2.24) is 14.8 Å². The number of nitrogens with zero attached hydrogens (tertiary/aromatic N) is 3. The monoisotopic (exact) mass is 523 g/mol. The summed E-state index contributed by atoms with van der Waals surface area (Å²) >= 11 is 0. The first-order valence-electron chi connectivity index (χ1n) is 10.9. The molecule has 0 bridgehead atoms. The number of anilines is 1. The van der Waals surface area contributed by atoms with Gasteiger partial charge in [0.05, 0.1) is 27.4 Å². The van der Waals surface area contributed by atoms with E-state index >= 15 is 0 Å². The summed E-state index contributed by atoms with van der Waals surface area (Å²) in [6.07, 6.45) is -6.70. The lowest BCUT2D eigenvalue weighted by Crippen LogP contribution is -2.40. The normalized spacial score (nSPS) is 20.0. The lowest BCUT2D eigenvalue weighted by atomic mass is 9.85. The van der Waals surface area contributed by atoms with E-state index in [9.17, 15) is 35.3 Å². The molecular formula is C21H23F6N5O2S. The van der Waals surface area contributed by atoms with Crippen molar-refractivity contribution in [3.63, 3.8) is 0 Å². The number of hydrogen-bond donors (Lipinski definition) is 2. The Bertz CT molecular complexity index is 1240. The third-order valence-corrected chi connectivity index (χ3v) is 7.47. The molecular weight excluding hydrogens is 500 g/mol. The molecule has 0 spiro atoms. The first-order valence-corrected chi connectivity index (χ1v) is 12.8. The minimum absolute atomic E-state index is 0.0953. The number of halogens is 6. The summed E-state index contributed by atoms with van der Waals surface area (Å²) in [7, 11) is -3.29. The number of carbonyl (C=O) groups excluding carboxylic acids is 1. The molecule has 2 aromatic heterocycles. The van der Waals surface area contributed by atoms with Gasteiger partial charge in [-0.15, -0.1) is 0 Å². The SMILES string of the molecule is C[S@](=N)(=O)c1cc(NC(=O)c2c(C(F)(F)F)c(C3CC3)nn2CC2(C(F)(F)F)CCCC2)ccn1. The molecule has 2 aromatic rings. The molecule has 2 N–H and O–H groups in total. The largest absolute Gasteiger partial charge is 0.420 e. The molecule has 0 unspecified atom stereocenters. The van der Waals surface area contributed by atoms with Crippen molar-refractivity contribution in [1.29, 1.82) is 4.78 Å². The van der Waals surface area contributed by atoms with E-state index in [1.807, 2.05) is 0 Å². The smallest absolute Gasteiger partial charge is 0.320 e. The predicted octanol–water partition coefficient (Wildman–Crippen LogP) is 5.58. The maximum Gasteiger partial charge on any atom is 0.420 e. The molecule has 2 aliphatic carbocycles.